The fourth-order valence-electron chi connectivity index (χ4n) is 1.31. The lowest BCUT2D eigenvalue weighted by atomic mass is 10.3. The molecule has 0 aliphatic rings. The number of thiophene rings is 2. The van der Waals surface area contributed by atoms with Gasteiger partial charge in [0.05, 0.1) is 0 Å². The van der Waals surface area contributed by atoms with Crippen LogP contribution in [-0.2, 0) is 0 Å². The van der Waals surface area contributed by atoms with Crippen molar-refractivity contribution in [1.82, 2.24) is 15.2 Å². The van der Waals surface area contributed by atoms with Crippen LogP contribution in [0.2, 0.25) is 0 Å². The molecule has 15 heavy (non-hydrogen) atoms. The SMILES string of the molecule is c1cc(-c2n[nH]c(-c3ccsc3)n2)cs1. The van der Waals surface area contributed by atoms with Crippen molar-refractivity contribution in [3.8, 4) is 22.8 Å². The maximum absolute atomic E-state index is 4.44. The minimum Gasteiger partial charge on any atom is -0.259 e. The topological polar surface area (TPSA) is 41.6 Å². The molecule has 0 radical (unpaired) electrons. The molecule has 74 valence electrons. The molecule has 1 N–H and O–H groups in total. The van der Waals surface area contributed by atoms with Crippen molar-refractivity contribution in [2.24, 2.45) is 0 Å². The number of H-pyrrole nitrogens is 1. The molecule has 5 heteroatoms. The number of hydrogen-bond acceptors (Lipinski definition) is 4. The summed E-state index contributed by atoms with van der Waals surface area (Å²) in [4.78, 5) is 4.44. The first-order valence-corrected chi connectivity index (χ1v) is 6.29. The molecule has 3 rings (SSSR count). The zero-order valence-electron chi connectivity index (χ0n) is 7.68. The first kappa shape index (κ1) is 8.82. The van der Waals surface area contributed by atoms with Gasteiger partial charge < -0.3 is 0 Å². The largest absolute Gasteiger partial charge is 0.259 e. The molecule has 0 saturated carbocycles. The molecule has 3 aromatic rings. The number of nitrogens with one attached hydrogen (secondary N) is 1. The quantitative estimate of drug-likeness (QED) is 0.738. The average Bonchev–Trinajstić information content (AvgIpc) is 3.02. The van der Waals surface area contributed by atoms with Crippen molar-refractivity contribution in [3.63, 3.8) is 0 Å². The lowest BCUT2D eigenvalue weighted by Gasteiger charge is -1.86. The van der Waals surface area contributed by atoms with E-state index in [-0.39, 0.29) is 0 Å². The highest BCUT2D eigenvalue weighted by Gasteiger charge is 2.07. The number of aromatic amines is 1. The van der Waals surface area contributed by atoms with E-state index in [1.165, 1.54) is 0 Å². The van der Waals surface area contributed by atoms with Crippen molar-refractivity contribution in [3.05, 3.63) is 33.7 Å². The van der Waals surface area contributed by atoms with E-state index in [0.29, 0.717) is 0 Å². The van der Waals surface area contributed by atoms with Crippen LogP contribution in [0.1, 0.15) is 0 Å². The van der Waals surface area contributed by atoms with E-state index in [4.69, 9.17) is 0 Å². The Kier molecular flexibility index (Phi) is 2.12. The lowest BCUT2D eigenvalue weighted by molar-refractivity contribution is 1.10. The molecule has 0 fully saturated rings. The second-order valence-electron chi connectivity index (χ2n) is 3.03. The highest BCUT2D eigenvalue weighted by atomic mass is 32.1. The van der Waals surface area contributed by atoms with E-state index in [1.54, 1.807) is 22.7 Å². The molecule has 3 heterocycles. The molecule has 0 amide bonds. The van der Waals surface area contributed by atoms with E-state index in [0.717, 1.165) is 22.8 Å². The van der Waals surface area contributed by atoms with Crippen molar-refractivity contribution in [1.29, 1.82) is 0 Å². The Morgan fingerprint density at radius 1 is 1.00 bits per heavy atom. The van der Waals surface area contributed by atoms with Crippen LogP contribution >= 0.6 is 22.7 Å². The maximum atomic E-state index is 4.44. The minimum absolute atomic E-state index is 0.762. The number of nitrogens with zero attached hydrogens (tertiary/aromatic N) is 2. The molecule has 0 aliphatic carbocycles. The molecule has 0 aliphatic heterocycles. The summed E-state index contributed by atoms with van der Waals surface area (Å²) < 4.78 is 0. The molecule has 0 aromatic carbocycles. The zero-order valence-corrected chi connectivity index (χ0v) is 9.31. The van der Waals surface area contributed by atoms with Crippen LogP contribution in [0.15, 0.2) is 33.7 Å². The van der Waals surface area contributed by atoms with Crippen molar-refractivity contribution in [2.75, 3.05) is 0 Å². The lowest BCUT2D eigenvalue weighted by Crippen LogP contribution is -1.76. The highest BCUT2D eigenvalue weighted by molar-refractivity contribution is 7.08. The van der Waals surface area contributed by atoms with E-state index in [2.05, 4.69) is 20.6 Å². The Bertz CT molecular complexity index is 488. The van der Waals surface area contributed by atoms with Gasteiger partial charge in [-0.15, -0.1) is 0 Å². The van der Waals surface area contributed by atoms with Crippen LogP contribution in [0, 0.1) is 0 Å². The van der Waals surface area contributed by atoms with Gasteiger partial charge in [0.15, 0.2) is 11.6 Å². The van der Waals surface area contributed by atoms with Gasteiger partial charge in [0.1, 0.15) is 0 Å². The molecule has 0 bridgehead atoms. The molecule has 0 saturated heterocycles. The Morgan fingerprint density at radius 2 is 1.73 bits per heavy atom. The zero-order chi connectivity index (χ0) is 10.1. The van der Waals surface area contributed by atoms with E-state index in [1.807, 2.05) is 28.3 Å². The average molecular weight is 233 g/mol. The molecular weight excluding hydrogens is 226 g/mol. The summed E-state index contributed by atoms with van der Waals surface area (Å²) in [5, 5.41) is 15.3. The predicted molar refractivity (Wildman–Crippen MR) is 63.0 cm³/mol. The second kappa shape index (κ2) is 3.60. The first-order valence-electron chi connectivity index (χ1n) is 4.41. The number of rotatable bonds is 2. The number of aromatic nitrogens is 3. The Hall–Kier alpha value is -1.46. The highest BCUT2D eigenvalue weighted by Crippen LogP contribution is 2.22. The predicted octanol–water partition coefficient (Wildman–Crippen LogP) is 3.26. The van der Waals surface area contributed by atoms with Gasteiger partial charge >= 0.3 is 0 Å². The molecule has 3 aromatic heterocycles. The summed E-state index contributed by atoms with van der Waals surface area (Å²) in [5.41, 5.74) is 2.16. The normalized spacial score (nSPS) is 10.7. The van der Waals surface area contributed by atoms with E-state index in [9.17, 15) is 0 Å². The van der Waals surface area contributed by atoms with Gasteiger partial charge in [-0.3, -0.25) is 5.10 Å². The van der Waals surface area contributed by atoms with Gasteiger partial charge in [0.25, 0.3) is 0 Å². The van der Waals surface area contributed by atoms with Crippen molar-refractivity contribution < 1.29 is 0 Å². The van der Waals surface area contributed by atoms with Gasteiger partial charge in [-0.2, -0.15) is 27.8 Å². The summed E-state index contributed by atoms with van der Waals surface area (Å²) in [7, 11) is 0. The summed E-state index contributed by atoms with van der Waals surface area (Å²) in [6.45, 7) is 0. The van der Waals surface area contributed by atoms with Gasteiger partial charge in [-0.25, -0.2) is 4.98 Å². The molecule has 0 spiro atoms. The molecule has 0 atom stereocenters. The van der Waals surface area contributed by atoms with Crippen molar-refractivity contribution in [2.45, 2.75) is 0 Å². The fraction of sp³-hybridized carbons (Fsp3) is 0. The summed E-state index contributed by atoms with van der Waals surface area (Å²) in [5.74, 6) is 1.59. The Balaban J connectivity index is 2.02. The van der Waals surface area contributed by atoms with Gasteiger partial charge in [0.2, 0.25) is 0 Å². The van der Waals surface area contributed by atoms with Crippen LogP contribution in [0.3, 0.4) is 0 Å². The maximum Gasteiger partial charge on any atom is 0.182 e. The Labute approximate surface area is 94.4 Å². The summed E-state index contributed by atoms with van der Waals surface area (Å²) in [6, 6.07) is 4.05. The third-order valence-corrected chi connectivity index (χ3v) is 3.43. The smallest absolute Gasteiger partial charge is 0.182 e. The summed E-state index contributed by atoms with van der Waals surface area (Å²) in [6.07, 6.45) is 0. The second-order valence-corrected chi connectivity index (χ2v) is 4.59. The first-order chi connectivity index (χ1) is 7.43. The van der Waals surface area contributed by atoms with Crippen LogP contribution in [0.25, 0.3) is 22.8 Å². The van der Waals surface area contributed by atoms with Gasteiger partial charge in [-0.1, -0.05) is 0 Å². The monoisotopic (exact) mass is 233 g/mol. The van der Waals surface area contributed by atoms with E-state index >= 15 is 0 Å². The Morgan fingerprint density at radius 3 is 2.40 bits per heavy atom. The standard InChI is InChI=1S/C10H7N3S2/c1-3-14-5-7(1)9-11-10(13-12-9)8-2-4-15-6-8/h1-6H,(H,11,12,13). The van der Waals surface area contributed by atoms with Crippen LogP contribution in [-0.4, -0.2) is 15.2 Å². The van der Waals surface area contributed by atoms with Crippen LogP contribution < -0.4 is 0 Å². The summed E-state index contributed by atoms with van der Waals surface area (Å²) >= 11 is 3.30. The molecule has 3 nitrogen and oxygen atoms in total. The van der Waals surface area contributed by atoms with Crippen LogP contribution in [0.4, 0.5) is 0 Å². The van der Waals surface area contributed by atoms with E-state index < -0.39 is 0 Å². The number of hydrogen-bond donors (Lipinski definition) is 1. The third kappa shape index (κ3) is 1.60. The molecular formula is C10H7N3S2. The molecule has 0 unspecified atom stereocenters. The third-order valence-electron chi connectivity index (χ3n) is 2.06. The van der Waals surface area contributed by atoms with Crippen LogP contribution in [0.5, 0.6) is 0 Å². The van der Waals surface area contributed by atoms with Crippen molar-refractivity contribution >= 4 is 22.7 Å². The minimum atomic E-state index is 0.762. The fourth-order valence-corrected chi connectivity index (χ4v) is 2.59. The van der Waals surface area contributed by atoms with Gasteiger partial charge in [-0.05, 0) is 22.9 Å². The van der Waals surface area contributed by atoms with Gasteiger partial charge in [0, 0.05) is 21.9 Å².